The summed E-state index contributed by atoms with van der Waals surface area (Å²) in [6.07, 6.45) is 0.890. The van der Waals surface area contributed by atoms with E-state index in [1.165, 1.54) is 0 Å². The van der Waals surface area contributed by atoms with E-state index < -0.39 is 5.92 Å². The van der Waals surface area contributed by atoms with Gasteiger partial charge in [0.25, 0.3) is 5.92 Å². The summed E-state index contributed by atoms with van der Waals surface area (Å²) in [7, 11) is 0. The average molecular weight is 208 g/mol. The molecule has 0 saturated heterocycles. The highest BCUT2D eigenvalue weighted by Gasteiger charge is 2.29. The largest absolute Gasteiger partial charge is 0.311 e. The van der Waals surface area contributed by atoms with Gasteiger partial charge in [-0.2, -0.15) is 0 Å². The van der Waals surface area contributed by atoms with Crippen molar-refractivity contribution in [3.8, 4) is 0 Å². The van der Waals surface area contributed by atoms with Crippen molar-refractivity contribution in [1.82, 2.24) is 10.2 Å². The van der Waals surface area contributed by atoms with Crippen LogP contribution in [-0.2, 0) is 0 Å². The van der Waals surface area contributed by atoms with Crippen molar-refractivity contribution in [1.29, 1.82) is 0 Å². The second kappa shape index (κ2) is 7.12. The lowest BCUT2D eigenvalue weighted by Gasteiger charge is -2.25. The van der Waals surface area contributed by atoms with Crippen molar-refractivity contribution in [2.24, 2.45) is 0 Å². The topological polar surface area (TPSA) is 15.3 Å². The highest BCUT2D eigenvalue weighted by molar-refractivity contribution is 4.73. The summed E-state index contributed by atoms with van der Waals surface area (Å²) in [5.41, 5.74) is 0. The molecule has 0 fully saturated rings. The number of nitrogens with one attached hydrogen (secondary N) is 1. The van der Waals surface area contributed by atoms with E-state index in [4.69, 9.17) is 0 Å². The molecule has 0 radical (unpaired) electrons. The summed E-state index contributed by atoms with van der Waals surface area (Å²) in [4.78, 5) is 1.74. The first-order chi connectivity index (χ1) is 6.55. The zero-order valence-corrected chi connectivity index (χ0v) is 9.45. The van der Waals surface area contributed by atoms with Gasteiger partial charge in [0.05, 0.1) is 13.1 Å². The van der Waals surface area contributed by atoms with Gasteiger partial charge in [0, 0.05) is 0 Å². The molecular formula is C10H22F2N2. The maximum atomic E-state index is 13.3. The van der Waals surface area contributed by atoms with E-state index in [9.17, 15) is 8.78 Å². The molecule has 4 heteroatoms. The molecule has 14 heavy (non-hydrogen) atoms. The molecule has 0 aromatic heterocycles. The Hall–Kier alpha value is -0.220. The Labute approximate surface area is 85.7 Å². The van der Waals surface area contributed by atoms with Gasteiger partial charge in [-0.1, -0.05) is 20.8 Å². The molecule has 86 valence electrons. The molecule has 0 spiro atoms. The van der Waals surface area contributed by atoms with Gasteiger partial charge in [0.15, 0.2) is 0 Å². The van der Waals surface area contributed by atoms with Gasteiger partial charge >= 0.3 is 0 Å². The minimum absolute atomic E-state index is 0.142. The molecule has 0 rings (SSSR count). The van der Waals surface area contributed by atoms with Crippen molar-refractivity contribution in [3.05, 3.63) is 0 Å². The second-order valence-electron chi connectivity index (χ2n) is 3.49. The molecule has 0 atom stereocenters. The lowest BCUT2D eigenvalue weighted by molar-refractivity contribution is -0.0282. The van der Waals surface area contributed by atoms with Crippen LogP contribution in [0.2, 0.25) is 0 Å². The molecule has 0 unspecified atom stereocenters. The first-order valence-corrected chi connectivity index (χ1v) is 5.36. The maximum Gasteiger partial charge on any atom is 0.272 e. The second-order valence-corrected chi connectivity index (χ2v) is 3.49. The highest BCUT2D eigenvalue weighted by atomic mass is 19.3. The summed E-state index contributed by atoms with van der Waals surface area (Å²) < 4.78 is 26.5. The lowest BCUT2D eigenvalue weighted by atomic mass is 10.3. The fraction of sp³-hybridized carbons (Fsp3) is 1.00. The van der Waals surface area contributed by atoms with E-state index in [1.54, 1.807) is 4.90 Å². The van der Waals surface area contributed by atoms with Gasteiger partial charge in [-0.3, -0.25) is 4.90 Å². The van der Waals surface area contributed by atoms with Gasteiger partial charge in [0.2, 0.25) is 0 Å². The Bertz CT molecular complexity index is 136. The average Bonchev–Trinajstić information content (AvgIpc) is 2.14. The van der Waals surface area contributed by atoms with E-state index in [0.29, 0.717) is 19.6 Å². The van der Waals surface area contributed by atoms with Crippen molar-refractivity contribution < 1.29 is 8.78 Å². The Morgan fingerprint density at radius 1 is 1.14 bits per heavy atom. The molecule has 0 amide bonds. The van der Waals surface area contributed by atoms with Crippen LogP contribution in [0.3, 0.4) is 0 Å². The van der Waals surface area contributed by atoms with Crippen LogP contribution in [0.1, 0.15) is 27.2 Å². The monoisotopic (exact) mass is 208 g/mol. The molecule has 0 bridgehead atoms. The first kappa shape index (κ1) is 13.8. The minimum atomic E-state index is -2.61. The molecule has 0 aromatic rings. The molecule has 2 nitrogen and oxygen atoms in total. The third-order valence-corrected chi connectivity index (χ3v) is 2.16. The number of halogens is 2. The summed E-state index contributed by atoms with van der Waals surface area (Å²) in [6, 6.07) is 0. The van der Waals surface area contributed by atoms with Crippen molar-refractivity contribution in [2.45, 2.75) is 33.1 Å². The van der Waals surface area contributed by atoms with Gasteiger partial charge in [-0.05, 0) is 26.1 Å². The number of rotatable bonds is 8. The van der Waals surface area contributed by atoms with Crippen LogP contribution in [0.5, 0.6) is 0 Å². The van der Waals surface area contributed by atoms with Gasteiger partial charge in [-0.15, -0.1) is 0 Å². The summed E-state index contributed by atoms with van der Waals surface area (Å²) in [5, 5.41) is 2.75. The normalized spacial score (nSPS) is 12.4. The first-order valence-electron chi connectivity index (χ1n) is 5.36. The van der Waals surface area contributed by atoms with E-state index in [2.05, 4.69) is 5.32 Å². The number of hydrogen-bond acceptors (Lipinski definition) is 2. The number of hydrogen-bond donors (Lipinski definition) is 1. The Morgan fingerprint density at radius 2 is 1.71 bits per heavy atom. The van der Waals surface area contributed by atoms with E-state index in [-0.39, 0.29) is 13.1 Å². The van der Waals surface area contributed by atoms with E-state index >= 15 is 0 Å². The van der Waals surface area contributed by atoms with Gasteiger partial charge in [-0.25, -0.2) is 8.78 Å². The molecule has 0 aromatic carbocycles. The number of nitrogens with zero attached hydrogens (tertiary/aromatic N) is 1. The van der Waals surface area contributed by atoms with Gasteiger partial charge < -0.3 is 5.32 Å². The summed E-state index contributed by atoms with van der Waals surface area (Å²) in [5.74, 6) is -2.61. The predicted octanol–water partition coefficient (Wildman–Crippen LogP) is 1.96. The molecule has 0 heterocycles. The Balaban J connectivity index is 3.79. The summed E-state index contributed by atoms with van der Waals surface area (Å²) >= 11 is 0. The van der Waals surface area contributed by atoms with Crippen molar-refractivity contribution in [2.75, 3.05) is 32.7 Å². The maximum absolute atomic E-state index is 13.3. The molecule has 0 aliphatic rings. The van der Waals surface area contributed by atoms with Crippen LogP contribution in [0.25, 0.3) is 0 Å². The minimum Gasteiger partial charge on any atom is -0.311 e. The zero-order valence-electron chi connectivity index (χ0n) is 9.45. The molecule has 1 N–H and O–H groups in total. The van der Waals surface area contributed by atoms with Crippen LogP contribution in [0, 0.1) is 0 Å². The fourth-order valence-corrected chi connectivity index (χ4v) is 1.28. The van der Waals surface area contributed by atoms with Crippen molar-refractivity contribution >= 4 is 0 Å². The van der Waals surface area contributed by atoms with Crippen LogP contribution >= 0.6 is 0 Å². The third-order valence-electron chi connectivity index (χ3n) is 2.16. The molecule has 0 saturated carbocycles. The summed E-state index contributed by atoms with van der Waals surface area (Å²) in [6.45, 7) is 7.44. The zero-order chi connectivity index (χ0) is 11.0. The van der Waals surface area contributed by atoms with E-state index in [0.717, 1.165) is 6.42 Å². The lowest BCUT2D eigenvalue weighted by Crippen LogP contribution is -2.43. The van der Waals surface area contributed by atoms with Gasteiger partial charge in [0.1, 0.15) is 0 Å². The quantitative estimate of drug-likeness (QED) is 0.613. The van der Waals surface area contributed by atoms with Crippen LogP contribution in [0.15, 0.2) is 0 Å². The van der Waals surface area contributed by atoms with Crippen LogP contribution in [-0.4, -0.2) is 43.5 Å². The smallest absolute Gasteiger partial charge is 0.272 e. The molecule has 0 aliphatic carbocycles. The third kappa shape index (κ3) is 6.27. The van der Waals surface area contributed by atoms with Crippen LogP contribution < -0.4 is 5.32 Å². The van der Waals surface area contributed by atoms with E-state index in [1.807, 2.05) is 20.8 Å². The molecular weight excluding hydrogens is 186 g/mol. The molecule has 0 aliphatic heterocycles. The van der Waals surface area contributed by atoms with Crippen LogP contribution in [0.4, 0.5) is 8.78 Å². The SMILES string of the molecule is CCCNCC(F)(F)CN(CC)CC. The van der Waals surface area contributed by atoms with Crippen molar-refractivity contribution in [3.63, 3.8) is 0 Å². The standard InChI is InChI=1S/C10H22F2N2/c1-4-7-13-8-10(11,12)9-14(5-2)6-3/h13H,4-9H2,1-3H3. The Kier molecular flexibility index (Phi) is 7.01. The number of alkyl halides is 2. The fourth-order valence-electron chi connectivity index (χ4n) is 1.28. The predicted molar refractivity (Wildman–Crippen MR) is 55.9 cm³/mol. The highest BCUT2D eigenvalue weighted by Crippen LogP contribution is 2.13. The Morgan fingerprint density at radius 3 is 2.14 bits per heavy atom.